The third kappa shape index (κ3) is 3.52. The number of hydrogen-bond donors (Lipinski definition) is 0. The Labute approximate surface area is 93.8 Å². The highest BCUT2D eigenvalue weighted by Gasteiger charge is 2.13. The molecule has 88 valence electrons. The van der Waals surface area contributed by atoms with E-state index in [1.54, 1.807) is 24.3 Å². The molecule has 0 bridgehead atoms. The molecule has 5 nitrogen and oxygen atoms in total. The summed E-state index contributed by atoms with van der Waals surface area (Å²) in [6, 6.07) is 6.75. The molecule has 0 radical (unpaired) electrons. The van der Waals surface area contributed by atoms with Gasteiger partial charge in [0.15, 0.2) is 0 Å². The normalized spacial score (nSPS) is 9.88. The van der Waals surface area contributed by atoms with Crippen molar-refractivity contribution in [2.45, 2.75) is 0 Å². The molecule has 1 aromatic carbocycles. The van der Waals surface area contributed by atoms with Crippen molar-refractivity contribution in [2.75, 3.05) is 27.4 Å². The summed E-state index contributed by atoms with van der Waals surface area (Å²) in [6.45, 7) is 0.552. The van der Waals surface area contributed by atoms with E-state index in [1.807, 2.05) is 0 Å². The van der Waals surface area contributed by atoms with Gasteiger partial charge in [-0.3, -0.25) is 4.89 Å². The van der Waals surface area contributed by atoms with Crippen LogP contribution in [-0.2, 0) is 14.5 Å². The first-order valence-corrected chi connectivity index (χ1v) is 4.75. The highest BCUT2D eigenvalue weighted by atomic mass is 17.2. The summed E-state index contributed by atoms with van der Waals surface area (Å²) >= 11 is 0. The van der Waals surface area contributed by atoms with Crippen LogP contribution in [-0.4, -0.2) is 33.4 Å². The smallest absolute Gasteiger partial charge is 0.376 e. The van der Waals surface area contributed by atoms with Crippen molar-refractivity contribution in [3.05, 3.63) is 29.8 Å². The number of benzene rings is 1. The molecular weight excluding hydrogens is 212 g/mol. The number of para-hydroxylation sites is 1. The SMILES string of the molecule is COCCOOC(=O)c1ccccc1OC. The van der Waals surface area contributed by atoms with Crippen LogP contribution < -0.4 is 4.74 Å². The van der Waals surface area contributed by atoms with Crippen molar-refractivity contribution in [3.8, 4) is 5.75 Å². The maximum Gasteiger partial charge on any atom is 0.376 e. The second-order valence-corrected chi connectivity index (χ2v) is 2.89. The van der Waals surface area contributed by atoms with E-state index in [0.717, 1.165) is 0 Å². The summed E-state index contributed by atoms with van der Waals surface area (Å²) in [5, 5.41) is 0. The maximum atomic E-state index is 11.5. The molecule has 0 heterocycles. The van der Waals surface area contributed by atoms with Crippen molar-refractivity contribution >= 4 is 5.97 Å². The van der Waals surface area contributed by atoms with Crippen LogP contribution in [0.3, 0.4) is 0 Å². The Kier molecular flexibility index (Phi) is 5.31. The van der Waals surface area contributed by atoms with Gasteiger partial charge in [0.25, 0.3) is 0 Å². The van der Waals surface area contributed by atoms with E-state index in [1.165, 1.54) is 14.2 Å². The van der Waals surface area contributed by atoms with Crippen LogP contribution in [0.1, 0.15) is 10.4 Å². The van der Waals surface area contributed by atoms with Crippen LogP contribution in [0.2, 0.25) is 0 Å². The molecule has 1 rings (SSSR count). The Bertz CT molecular complexity index is 337. The van der Waals surface area contributed by atoms with Gasteiger partial charge in [0, 0.05) is 7.11 Å². The van der Waals surface area contributed by atoms with Gasteiger partial charge in [-0.05, 0) is 12.1 Å². The Morgan fingerprint density at radius 3 is 2.62 bits per heavy atom. The zero-order valence-corrected chi connectivity index (χ0v) is 9.26. The largest absolute Gasteiger partial charge is 0.496 e. The topological polar surface area (TPSA) is 54.0 Å². The van der Waals surface area contributed by atoms with Gasteiger partial charge in [0.05, 0.1) is 13.7 Å². The van der Waals surface area contributed by atoms with Gasteiger partial charge in [-0.15, -0.1) is 0 Å². The van der Waals surface area contributed by atoms with Crippen LogP contribution >= 0.6 is 0 Å². The fraction of sp³-hybridized carbons (Fsp3) is 0.364. The summed E-state index contributed by atoms with van der Waals surface area (Å²) < 4.78 is 9.75. The molecule has 0 aliphatic carbocycles. The molecule has 0 spiro atoms. The van der Waals surface area contributed by atoms with Gasteiger partial charge in [-0.2, -0.15) is 4.89 Å². The van der Waals surface area contributed by atoms with Gasteiger partial charge in [0.2, 0.25) is 0 Å². The van der Waals surface area contributed by atoms with Crippen LogP contribution in [0, 0.1) is 0 Å². The second-order valence-electron chi connectivity index (χ2n) is 2.89. The summed E-state index contributed by atoms with van der Waals surface area (Å²) in [4.78, 5) is 20.8. The second kappa shape index (κ2) is 6.81. The van der Waals surface area contributed by atoms with Gasteiger partial charge in [-0.1, -0.05) is 12.1 Å². The highest BCUT2D eigenvalue weighted by Crippen LogP contribution is 2.18. The molecule has 0 unspecified atom stereocenters. The summed E-state index contributed by atoms with van der Waals surface area (Å²) in [5.74, 6) is -0.142. The molecule has 0 fully saturated rings. The van der Waals surface area contributed by atoms with Crippen molar-refractivity contribution in [2.24, 2.45) is 0 Å². The first-order chi connectivity index (χ1) is 7.79. The van der Waals surface area contributed by atoms with E-state index in [4.69, 9.17) is 9.47 Å². The maximum absolute atomic E-state index is 11.5. The third-order valence-corrected chi connectivity index (χ3v) is 1.83. The predicted molar refractivity (Wildman–Crippen MR) is 56.2 cm³/mol. The predicted octanol–water partition coefficient (Wildman–Crippen LogP) is 1.43. The molecule has 0 saturated heterocycles. The molecule has 0 aliphatic heterocycles. The third-order valence-electron chi connectivity index (χ3n) is 1.83. The quantitative estimate of drug-likeness (QED) is 0.417. The Morgan fingerprint density at radius 2 is 1.94 bits per heavy atom. The Morgan fingerprint density at radius 1 is 1.19 bits per heavy atom. The number of carbonyl (C=O) groups is 1. The summed E-state index contributed by atoms with van der Waals surface area (Å²) in [5.41, 5.74) is 0.322. The molecule has 0 atom stereocenters. The number of methoxy groups -OCH3 is 2. The zero-order chi connectivity index (χ0) is 11.8. The lowest BCUT2D eigenvalue weighted by Crippen LogP contribution is -2.10. The number of hydrogen-bond acceptors (Lipinski definition) is 5. The molecule has 1 aromatic rings. The van der Waals surface area contributed by atoms with Crippen LogP contribution in [0.5, 0.6) is 5.75 Å². The monoisotopic (exact) mass is 226 g/mol. The van der Waals surface area contributed by atoms with Crippen molar-refractivity contribution < 1.29 is 24.0 Å². The van der Waals surface area contributed by atoms with Crippen molar-refractivity contribution in [1.29, 1.82) is 0 Å². The van der Waals surface area contributed by atoms with Crippen LogP contribution in [0.25, 0.3) is 0 Å². The van der Waals surface area contributed by atoms with E-state index < -0.39 is 5.97 Å². The minimum absolute atomic E-state index is 0.192. The first kappa shape index (κ1) is 12.5. The first-order valence-electron chi connectivity index (χ1n) is 4.75. The van der Waals surface area contributed by atoms with Gasteiger partial charge in [0.1, 0.15) is 17.9 Å². The van der Waals surface area contributed by atoms with Gasteiger partial charge >= 0.3 is 5.97 Å². The Balaban J connectivity index is 2.52. The van der Waals surface area contributed by atoms with Crippen molar-refractivity contribution in [1.82, 2.24) is 0 Å². The lowest BCUT2D eigenvalue weighted by atomic mass is 10.2. The lowest BCUT2D eigenvalue weighted by Gasteiger charge is -2.06. The van der Waals surface area contributed by atoms with Gasteiger partial charge < -0.3 is 9.47 Å². The molecular formula is C11H14O5. The standard InChI is InChI=1S/C11H14O5/c1-13-7-8-15-16-11(12)9-5-3-4-6-10(9)14-2/h3-6H,7-8H2,1-2H3. The van der Waals surface area contributed by atoms with Crippen LogP contribution in [0.15, 0.2) is 24.3 Å². The van der Waals surface area contributed by atoms with Gasteiger partial charge in [-0.25, -0.2) is 4.79 Å². The molecule has 0 aromatic heterocycles. The Hall–Kier alpha value is -1.59. The average Bonchev–Trinajstić information content (AvgIpc) is 2.34. The minimum atomic E-state index is -0.589. The number of ether oxygens (including phenoxy) is 2. The van der Waals surface area contributed by atoms with E-state index in [9.17, 15) is 4.79 Å². The minimum Gasteiger partial charge on any atom is -0.496 e. The van der Waals surface area contributed by atoms with E-state index in [0.29, 0.717) is 17.9 Å². The molecule has 0 saturated carbocycles. The lowest BCUT2D eigenvalue weighted by molar-refractivity contribution is -0.246. The zero-order valence-electron chi connectivity index (χ0n) is 9.26. The van der Waals surface area contributed by atoms with E-state index >= 15 is 0 Å². The molecule has 16 heavy (non-hydrogen) atoms. The number of rotatable bonds is 6. The van der Waals surface area contributed by atoms with Crippen LogP contribution in [0.4, 0.5) is 0 Å². The molecule has 0 amide bonds. The van der Waals surface area contributed by atoms with Crippen molar-refractivity contribution in [3.63, 3.8) is 0 Å². The van der Waals surface area contributed by atoms with E-state index in [2.05, 4.69) is 9.78 Å². The summed E-state index contributed by atoms with van der Waals surface area (Å²) in [6.07, 6.45) is 0. The molecule has 5 heteroatoms. The summed E-state index contributed by atoms with van der Waals surface area (Å²) in [7, 11) is 3.02. The molecule has 0 aliphatic rings. The van der Waals surface area contributed by atoms with E-state index in [-0.39, 0.29) is 6.61 Å². The molecule has 0 N–H and O–H groups in total. The highest BCUT2D eigenvalue weighted by molar-refractivity contribution is 5.92. The fourth-order valence-electron chi connectivity index (χ4n) is 1.07. The average molecular weight is 226 g/mol. The fourth-order valence-corrected chi connectivity index (χ4v) is 1.07. The number of carbonyl (C=O) groups excluding carboxylic acids is 1.